The first-order chi connectivity index (χ1) is 7.18. The van der Waals surface area contributed by atoms with Crippen LogP contribution in [-0.2, 0) is 4.79 Å². The van der Waals surface area contributed by atoms with Gasteiger partial charge >= 0.3 is 5.97 Å². The fourth-order valence-corrected chi connectivity index (χ4v) is 1.50. The Morgan fingerprint density at radius 1 is 1.13 bits per heavy atom. The van der Waals surface area contributed by atoms with E-state index < -0.39 is 0 Å². The predicted molar refractivity (Wildman–Crippen MR) is 56.9 cm³/mol. The first kappa shape index (κ1) is 9.52. The maximum Gasteiger partial charge on any atom is 0.308 e. The number of hydrogen-bond acceptors (Lipinski definition) is 3. The summed E-state index contributed by atoms with van der Waals surface area (Å²) in [6, 6.07) is 10.3. The SMILES string of the molecule is CC(=O)Oc1ccc(O)c2ccccc12. The Bertz CT molecular complexity index is 517. The Morgan fingerprint density at radius 3 is 2.47 bits per heavy atom. The van der Waals surface area contributed by atoms with Crippen molar-refractivity contribution in [3.63, 3.8) is 0 Å². The number of carbonyl (C=O) groups is 1. The zero-order valence-corrected chi connectivity index (χ0v) is 8.23. The molecule has 0 aliphatic rings. The highest BCUT2D eigenvalue weighted by molar-refractivity contribution is 5.94. The molecule has 0 saturated carbocycles. The summed E-state index contributed by atoms with van der Waals surface area (Å²) in [6.07, 6.45) is 0. The predicted octanol–water partition coefficient (Wildman–Crippen LogP) is 2.47. The summed E-state index contributed by atoms with van der Waals surface area (Å²) in [4.78, 5) is 10.9. The number of hydrogen-bond donors (Lipinski definition) is 1. The fourth-order valence-electron chi connectivity index (χ4n) is 1.50. The second kappa shape index (κ2) is 3.61. The highest BCUT2D eigenvalue weighted by Crippen LogP contribution is 2.32. The summed E-state index contributed by atoms with van der Waals surface area (Å²) >= 11 is 0. The minimum atomic E-state index is -0.370. The van der Waals surface area contributed by atoms with Gasteiger partial charge in [0.05, 0.1) is 0 Å². The first-order valence-corrected chi connectivity index (χ1v) is 4.57. The maximum absolute atomic E-state index is 10.9. The van der Waals surface area contributed by atoms with Gasteiger partial charge in [0.2, 0.25) is 0 Å². The van der Waals surface area contributed by atoms with Crippen molar-refractivity contribution in [2.24, 2.45) is 0 Å². The first-order valence-electron chi connectivity index (χ1n) is 4.57. The third kappa shape index (κ3) is 1.76. The lowest BCUT2D eigenvalue weighted by Gasteiger charge is -2.06. The van der Waals surface area contributed by atoms with Crippen LogP contribution in [0.5, 0.6) is 11.5 Å². The molecule has 2 aromatic rings. The van der Waals surface area contributed by atoms with Gasteiger partial charge in [-0.2, -0.15) is 0 Å². The topological polar surface area (TPSA) is 46.5 Å². The Hall–Kier alpha value is -2.03. The summed E-state index contributed by atoms with van der Waals surface area (Å²) in [5.41, 5.74) is 0. The molecule has 15 heavy (non-hydrogen) atoms. The van der Waals surface area contributed by atoms with E-state index in [4.69, 9.17) is 4.74 Å². The Kier molecular flexibility index (Phi) is 2.29. The van der Waals surface area contributed by atoms with Crippen molar-refractivity contribution in [3.05, 3.63) is 36.4 Å². The number of esters is 1. The van der Waals surface area contributed by atoms with Gasteiger partial charge in [0.15, 0.2) is 0 Å². The van der Waals surface area contributed by atoms with Gasteiger partial charge in [0.1, 0.15) is 11.5 Å². The van der Waals surface area contributed by atoms with E-state index in [9.17, 15) is 9.90 Å². The molecule has 0 fully saturated rings. The highest BCUT2D eigenvalue weighted by atomic mass is 16.5. The minimum absolute atomic E-state index is 0.182. The van der Waals surface area contributed by atoms with E-state index in [0.29, 0.717) is 11.1 Å². The van der Waals surface area contributed by atoms with Crippen LogP contribution < -0.4 is 4.74 Å². The zero-order valence-electron chi connectivity index (χ0n) is 8.23. The van der Waals surface area contributed by atoms with Crippen molar-refractivity contribution in [3.8, 4) is 11.5 Å². The van der Waals surface area contributed by atoms with Crippen LogP contribution in [0.1, 0.15) is 6.92 Å². The molecular formula is C12H10O3. The Labute approximate surface area is 86.9 Å². The number of aromatic hydroxyl groups is 1. The molecule has 0 heterocycles. The maximum atomic E-state index is 10.9. The second-order valence-corrected chi connectivity index (χ2v) is 3.22. The molecule has 3 heteroatoms. The summed E-state index contributed by atoms with van der Waals surface area (Å²) in [6.45, 7) is 1.35. The quantitative estimate of drug-likeness (QED) is 0.570. The van der Waals surface area contributed by atoms with E-state index in [1.165, 1.54) is 13.0 Å². The lowest BCUT2D eigenvalue weighted by Crippen LogP contribution is -2.01. The molecule has 0 aromatic heterocycles. The monoisotopic (exact) mass is 202 g/mol. The van der Waals surface area contributed by atoms with E-state index in [1.54, 1.807) is 18.2 Å². The van der Waals surface area contributed by atoms with Crippen LogP contribution in [0.2, 0.25) is 0 Å². The van der Waals surface area contributed by atoms with Gasteiger partial charge in [-0.15, -0.1) is 0 Å². The molecule has 3 nitrogen and oxygen atoms in total. The van der Waals surface area contributed by atoms with Crippen LogP contribution in [0, 0.1) is 0 Å². The largest absolute Gasteiger partial charge is 0.507 e. The molecule has 0 aliphatic carbocycles. The molecule has 0 atom stereocenters. The van der Waals surface area contributed by atoms with Crippen molar-refractivity contribution >= 4 is 16.7 Å². The van der Waals surface area contributed by atoms with Gasteiger partial charge in [-0.25, -0.2) is 0 Å². The summed E-state index contributed by atoms with van der Waals surface area (Å²) < 4.78 is 5.03. The van der Waals surface area contributed by atoms with E-state index in [2.05, 4.69) is 0 Å². The third-order valence-corrected chi connectivity index (χ3v) is 2.11. The second-order valence-electron chi connectivity index (χ2n) is 3.22. The average Bonchev–Trinajstić information content (AvgIpc) is 2.22. The number of benzene rings is 2. The number of phenols is 1. The van der Waals surface area contributed by atoms with Gasteiger partial charge < -0.3 is 9.84 Å². The normalized spacial score (nSPS) is 10.2. The van der Waals surface area contributed by atoms with Crippen LogP contribution >= 0.6 is 0 Å². The van der Waals surface area contributed by atoms with Gasteiger partial charge in [0.25, 0.3) is 0 Å². The van der Waals surface area contributed by atoms with Crippen LogP contribution in [0.15, 0.2) is 36.4 Å². The van der Waals surface area contributed by atoms with Crippen LogP contribution in [0.3, 0.4) is 0 Å². The molecule has 0 amide bonds. The zero-order chi connectivity index (χ0) is 10.8. The average molecular weight is 202 g/mol. The molecule has 0 bridgehead atoms. The molecule has 0 radical (unpaired) electrons. The summed E-state index contributed by atoms with van der Waals surface area (Å²) in [7, 11) is 0. The van der Waals surface area contributed by atoms with Crippen LogP contribution in [0.25, 0.3) is 10.8 Å². The Morgan fingerprint density at radius 2 is 1.80 bits per heavy atom. The third-order valence-electron chi connectivity index (χ3n) is 2.11. The number of carbonyl (C=O) groups excluding carboxylic acids is 1. The summed E-state index contributed by atoms with van der Waals surface area (Å²) in [5.74, 6) is 0.281. The molecule has 76 valence electrons. The Balaban J connectivity index is 2.66. The lowest BCUT2D eigenvalue weighted by atomic mass is 10.1. The van der Waals surface area contributed by atoms with E-state index in [1.807, 2.05) is 12.1 Å². The molecule has 2 rings (SSSR count). The number of fused-ring (bicyclic) bond motifs is 1. The van der Waals surface area contributed by atoms with Gasteiger partial charge in [-0.1, -0.05) is 24.3 Å². The smallest absolute Gasteiger partial charge is 0.308 e. The van der Waals surface area contributed by atoms with Crippen molar-refractivity contribution in [2.45, 2.75) is 6.92 Å². The number of rotatable bonds is 1. The standard InChI is InChI=1S/C12H10O3/c1-8(13)15-12-7-6-11(14)9-4-2-3-5-10(9)12/h2-7,14H,1H3. The fraction of sp³-hybridized carbons (Fsp3) is 0.0833. The van der Waals surface area contributed by atoms with Crippen molar-refractivity contribution < 1.29 is 14.6 Å². The van der Waals surface area contributed by atoms with Crippen LogP contribution in [0.4, 0.5) is 0 Å². The van der Waals surface area contributed by atoms with Gasteiger partial charge in [-0.05, 0) is 12.1 Å². The van der Waals surface area contributed by atoms with Gasteiger partial charge in [-0.3, -0.25) is 4.79 Å². The van der Waals surface area contributed by atoms with Crippen molar-refractivity contribution in [1.82, 2.24) is 0 Å². The van der Waals surface area contributed by atoms with E-state index in [0.717, 1.165) is 5.39 Å². The number of ether oxygens (including phenoxy) is 1. The molecular weight excluding hydrogens is 192 g/mol. The molecule has 0 saturated heterocycles. The molecule has 2 aromatic carbocycles. The summed E-state index contributed by atoms with van der Waals surface area (Å²) in [5, 5.41) is 11.0. The van der Waals surface area contributed by atoms with Crippen molar-refractivity contribution in [1.29, 1.82) is 0 Å². The van der Waals surface area contributed by atoms with E-state index >= 15 is 0 Å². The molecule has 0 spiro atoms. The van der Waals surface area contributed by atoms with E-state index in [-0.39, 0.29) is 11.7 Å². The minimum Gasteiger partial charge on any atom is -0.507 e. The lowest BCUT2D eigenvalue weighted by molar-refractivity contribution is -0.131. The highest BCUT2D eigenvalue weighted by Gasteiger charge is 2.06. The number of phenolic OH excluding ortho intramolecular Hbond substituents is 1. The van der Waals surface area contributed by atoms with Crippen LogP contribution in [-0.4, -0.2) is 11.1 Å². The molecule has 1 N–H and O–H groups in total. The van der Waals surface area contributed by atoms with Gasteiger partial charge in [0, 0.05) is 17.7 Å². The van der Waals surface area contributed by atoms with Crippen molar-refractivity contribution in [2.75, 3.05) is 0 Å². The molecule has 0 unspecified atom stereocenters. The molecule has 0 aliphatic heterocycles.